The van der Waals surface area contributed by atoms with Gasteiger partial charge in [0.2, 0.25) is 0 Å². The molecule has 152 valence electrons. The van der Waals surface area contributed by atoms with Gasteiger partial charge in [-0.25, -0.2) is 8.42 Å². The van der Waals surface area contributed by atoms with Crippen molar-refractivity contribution in [1.29, 1.82) is 0 Å². The first-order valence-electron chi connectivity index (χ1n) is 9.30. The van der Waals surface area contributed by atoms with E-state index >= 15 is 0 Å². The number of carbonyl (C=O) groups is 1. The smallest absolute Gasteiger partial charge is 0.253 e. The summed E-state index contributed by atoms with van der Waals surface area (Å²) in [5.41, 5.74) is 4.63. The molecule has 8 heteroatoms. The number of amides is 1. The number of benzene rings is 1. The third-order valence-electron chi connectivity index (χ3n) is 5.28. The molecule has 1 amide bonds. The lowest BCUT2D eigenvalue weighted by Crippen LogP contribution is -2.26. The van der Waals surface area contributed by atoms with Gasteiger partial charge in [-0.2, -0.15) is 16.9 Å². The van der Waals surface area contributed by atoms with Crippen molar-refractivity contribution in [3.63, 3.8) is 0 Å². The second-order valence-electron chi connectivity index (χ2n) is 7.44. The van der Waals surface area contributed by atoms with Gasteiger partial charge in [0.05, 0.1) is 23.2 Å². The van der Waals surface area contributed by atoms with E-state index < -0.39 is 9.84 Å². The molecule has 0 radical (unpaired) electrons. The van der Waals surface area contributed by atoms with Gasteiger partial charge in [0.25, 0.3) is 5.91 Å². The summed E-state index contributed by atoms with van der Waals surface area (Å²) in [6, 6.07) is 7.62. The lowest BCUT2D eigenvalue weighted by molar-refractivity contribution is 0.0784. The molecule has 0 spiro atoms. The first-order valence-corrected chi connectivity index (χ1v) is 12.5. The molecular weight excluding hydrogens is 394 g/mol. The summed E-state index contributed by atoms with van der Waals surface area (Å²) in [7, 11) is -1.19. The topological polar surface area (TPSA) is 72.3 Å². The molecule has 1 aliphatic rings. The average Bonchev–Trinajstić information content (AvgIpc) is 3.15. The number of thioether (sulfide) groups is 1. The molecule has 1 aromatic carbocycles. The Hall–Kier alpha value is -1.80. The van der Waals surface area contributed by atoms with E-state index in [1.807, 2.05) is 42.8 Å². The SMILES string of the molecule is CSCc1ccc(C(=O)N(C)Cc2c(C)nn(C3CCS(=O)(=O)C3)c2C)cc1. The maximum atomic E-state index is 12.8. The molecule has 0 N–H and O–H groups in total. The fraction of sp³-hybridized carbons (Fsp3) is 0.500. The number of hydrogen-bond donors (Lipinski definition) is 0. The molecule has 2 aromatic rings. The Balaban J connectivity index is 1.75. The third-order valence-corrected chi connectivity index (χ3v) is 7.66. The van der Waals surface area contributed by atoms with Crippen molar-refractivity contribution in [2.45, 2.75) is 38.6 Å². The van der Waals surface area contributed by atoms with Crippen LogP contribution in [0.15, 0.2) is 24.3 Å². The van der Waals surface area contributed by atoms with E-state index in [1.165, 1.54) is 5.56 Å². The van der Waals surface area contributed by atoms with Crippen LogP contribution in [0.2, 0.25) is 0 Å². The van der Waals surface area contributed by atoms with Gasteiger partial charge in [-0.15, -0.1) is 0 Å². The monoisotopic (exact) mass is 421 g/mol. The Labute approximate surface area is 171 Å². The quantitative estimate of drug-likeness (QED) is 0.717. The van der Waals surface area contributed by atoms with Crippen LogP contribution >= 0.6 is 11.8 Å². The lowest BCUT2D eigenvalue weighted by atomic mass is 10.1. The van der Waals surface area contributed by atoms with Crippen molar-refractivity contribution in [2.24, 2.45) is 0 Å². The summed E-state index contributed by atoms with van der Waals surface area (Å²) in [4.78, 5) is 14.5. The Kier molecular flexibility index (Phi) is 6.19. The Bertz CT molecular complexity index is 965. The Morgan fingerprint density at radius 2 is 1.96 bits per heavy atom. The molecule has 1 aliphatic heterocycles. The van der Waals surface area contributed by atoms with E-state index in [4.69, 9.17) is 0 Å². The van der Waals surface area contributed by atoms with Crippen LogP contribution in [0, 0.1) is 13.8 Å². The van der Waals surface area contributed by atoms with Crippen LogP contribution in [-0.4, -0.2) is 53.8 Å². The zero-order valence-corrected chi connectivity index (χ0v) is 18.4. The summed E-state index contributed by atoms with van der Waals surface area (Å²) >= 11 is 1.75. The highest BCUT2D eigenvalue weighted by Crippen LogP contribution is 2.27. The van der Waals surface area contributed by atoms with Crippen LogP contribution < -0.4 is 0 Å². The fourth-order valence-corrected chi connectivity index (χ4v) is 5.91. The minimum absolute atomic E-state index is 0.0364. The maximum Gasteiger partial charge on any atom is 0.253 e. The molecule has 1 aromatic heterocycles. The fourth-order valence-electron chi connectivity index (χ4n) is 3.69. The van der Waals surface area contributed by atoms with Crippen LogP contribution in [-0.2, 0) is 22.1 Å². The van der Waals surface area contributed by atoms with Crippen LogP contribution in [0.25, 0.3) is 0 Å². The zero-order valence-electron chi connectivity index (χ0n) is 16.8. The van der Waals surface area contributed by atoms with Crippen LogP contribution in [0.1, 0.15) is 45.3 Å². The van der Waals surface area contributed by atoms with Gasteiger partial charge in [-0.1, -0.05) is 12.1 Å². The summed E-state index contributed by atoms with van der Waals surface area (Å²) in [6.45, 7) is 4.32. The standard InChI is InChI=1S/C20H27N3O3S2/c1-14-19(15(2)23(21-14)18-9-10-28(25,26)13-18)11-22(3)20(24)17-7-5-16(6-8-17)12-27-4/h5-8,18H,9-13H2,1-4H3. The first-order chi connectivity index (χ1) is 13.2. The highest BCUT2D eigenvalue weighted by Gasteiger charge is 2.31. The molecule has 1 fully saturated rings. The molecule has 2 heterocycles. The van der Waals surface area contributed by atoms with E-state index in [0.717, 1.165) is 22.7 Å². The zero-order chi connectivity index (χ0) is 20.5. The van der Waals surface area contributed by atoms with Gasteiger partial charge in [-0.3, -0.25) is 9.48 Å². The van der Waals surface area contributed by atoms with E-state index in [1.54, 1.807) is 23.7 Å². The van der Waals surface area contributed by atoms with Crippen LogP contribution in [0.5, 0.6) is 0 Å². The molecule has 0 aliphatic carbocycles. The third kappa shape index (κ3) is 4.43. The summed E-state index contributed by atoms with van der Waals surface area (Å²) in [6.07, 6.45) is 2.65. The van der Waals surface area contributed by atoms with Gasteiger partial charge in [-0.05, 0) is 44.2 Å². The minimum atomic E-state index is -2.97. The molecule has 1 saturated heterocycles. The Morgan fingerprint density at radius 1 is 1.29 bits per heavy atom. The normalized spacial score (nSPS) is 18.4. The highest BCUT2D eigenvalue weighted by atomic mass is 32.2. The van der Waals surface area contributed by atoms with Crippen LogP contribution in [0.4, 0.5) is 0 Å². The van der Waals surface area contributed by atoms with Gasteiger partial charge in [0, 0.05) is 36.2 Å². The molecule has 28 heavy (non-hydrogen) atoms. The first kappa shape index (κ1) is 20.9. The number of carbonyl (C=O) groups excluding carboxylic acids is 1. The molecular formula is C20H27N3O3S2. The number of nitrogens with zero attached hydrogens (tertiary/aromatic N) is 3. The van der Waals surface area contributed by atoms with Crippen molar-refractivity contribution in [1.82, 2.24) is 14.7 Å². The van der Waals surface area contributed by atoms with E-state index in [2.05, 4.69) is 11.4 Å². The highest BCUT2D eigenvalue weighted by molar-refractivity contribution is 7.97. The van der Waals surface area contributed by atoms with Crippen molar-refractivity contribution < 1.29 is 13.2 Å². The molecule has 1 atom stereocenters. The molecule has 0 bridgehead atoms. The van der Waals surface area contributed by atoms with Gasteiger partial charge >= 0.3 is 0 Å². The average molecular weight is 422 g/mol. The molecule has 3 rings (SSSR count). The largest absolute Gasteiger partial charge is 0.337 e. The van der Waals surface area contributed by atoms with E-state index in [0.29, 0.717) is 18.5 Å². The van der Waals surface area contributed by atoms with Gasteiger partial charge in [0.15, 0.2) is 9.84 Å². The predicted octanol–water partition coefficient (Wildman–Crippen LogP) is 2.99. The van der Waals surface area contributed by atoms with Gasteiger partial charge < -0.3 is 4.90 Å². The Morgan fingerprint density at radius 3 is 2.54 bits per heavy atom. The van der Waals surface area contributed by atoms with Gasteiger partial charge in [0.1, 0.15) is 0 Å². The van der Waals surface area contributed by atoms with Crippen molar-refractivity contribution >= 4 is 27.5 Å². The summed E-state index contributed by atoms with van der Waals surface area (Å²) < 4.78 is 25.5. The number of sulfone groups is 1. The molecule has 0 saturated carbocycles. The number of aryl methyl sites for hydroxylation is 1. The summed E-state index contributed by atoms with van der Waals surface area (Å²) in [5.74, 6) is 1.26. The minimum Gasteiger partial charge on any atom is -0.337 e. The molecule has 1 unspecified atom stereocenters. The van der Waals surface area contributed by atoms with Crippen LogP contribution in [0.3, 0.4) is 0 Å². The summed E-state index contributed by atoms with van der Waals surface area (Å²) in [5, 5.41) is 4.59. The lowest BCUT2D eigenvalue weighted by Gasteiger charge is -2.18. The van der Waals surface area contributed by atoms with Crippen molar-refractivity contribution in [3.05, 3.63) is 52.3 Å². The van der Waals surface area contributed by atoms with E-state index in [-0.39, 0.29) is 23.5 Å². The van der Waals surface area contributed by atoms with Crippen molar-refractivity contribution in [2.75, 3.05) is 24.8 Å². The second kappa shape index (κ2) is 8.29. The number of hydrogen-bond acceptors (Lipinski definition) is 5. The van der Waals surface area contributed by atoms with Crippen molar-refractivity contribution in [3.8, 4) is 0 Å². The molecule has 6 nitrogen and oxygen atoms in total. The predicted molar refractivity (Wildman–Crippen MR) is 113 cm³/mol. The number of rotatable bonds is 6. The maximum absolute atomic E-state index is 12.8. The number of aromatic nitrogens is 2. The van der Waals surface area contributed by atoms with E-state index in [9.17, 15) is 13.2 Å². The second-order valence-corrected chi connectivity index (χ2v) is 10.5.